The number of hydrogen-bond acceptors (Lipinski definition) is 2. The van der Waals surface area contributed by atoms with Crippen molar-refractivity contribution >= 4 is 12.4 Å². The first-order valence-electron chi connectivity index (χ1n) is 6.61. The zero-order chi connectivity index (χ0) is 13.2. The maximum Gasteiger partial charge on any atom is 0.123 e. The molecule has 2 nitrogen and oxygen atoms in total. The largest absolute Gasteiger partial charge is 0.389 e. The van der Waals surface area contributed by atoms with E-state index in [1.165, 1.54) is 12.1 Å². The van der Waals surface area contributed by atoms with Gasteiger partial charge in [0.2, 0.25) is 0 Å². The Kier molecular flexibility index (Phi) is 5.78. The Bertz CT molecular complexity index is 396. The van der Waals surface area contributed by atoms with Crippen molar-refractivity contribution in [3.05, 3.63) is 35.6 Å². The number of hydrogen-bond donors (Lipinski definition) is 1. The molecule has 1 N–H and O–H groups in total. The molecule has 0 saturated heterocycles. The van der Waals surface area contributed by atoms with Crippen molar-refractivity contribution in [2.24, 2.45) is 5.92 Å². The summed E-state index contributed by atoms with van der Waals surface area (Å²) < 4.78 is 12.9. The first kappa shape index (κ1) is 16.4. The van der Waals surface area contributed by atoms with Crippen molar-refractivity contribution in [3.63, 3.8) is 0 Å². The van der Waals surface area contributed by atoms with Gasteiger partial charge in [0, 0.05) is 18.9 Å². The van der Waals surface area contributed by atoms with Crippen molar-refractivity contribution in [2.45, 2.75) is 31.3 Å². The van der Waals surface area contributed by atoms with Crippen LogP contribution >= 0.6 is 12.4 Å². The average molecular weight is 288 g/mol. The van der Waals surface area contributed by atoms with E-state index in [0.717, 1.165) is 31.4 Å². The minimum atomic E-state index is -0.623. The van der Waals surface area contributed by atoms with E-state index in [1.54, 1.807) is 12.1 Å². The Morgan fingerprint density at radius 2 is 1.95 bits per heavy atom. The molecular weight excluding hydrogens is 265 g/mol. The van der Waals surface area contributed by atoms with Crippen LogP contribution in [0.25, 0.3) is 0 Å². The molecule has 1 aliphatic rings. The first-order valence-corrected chi connectivity index (χ1v) is 6.61. The summed E-state index contributed by atoms with van der Waals surface area (Å²) in [6.45, 7) is 0.914. The van der Waals surface area contributed by atoms with Gasteiger partial charge < -0.3 is 10.0 Å². The van der Waals surface area contributed by atoms with Crippen LogP contribution in [0.2, 0.25) is 0 Å². The first-order chi connectivity index (χ1) is 8.49. The fourth-order valence-electron chi connectivity index (χ4n) is 3.02. The molecule has 1 aliphatic carbocycles. The molecule has 4 heteroatoms. The monoisotopic (exact) mass is 287 g/mol. The molecule has 0 heterocycles. The molecule has 2 rings (SSSR count). The van der Waals surface area contributed by atoms with Gasteiger partial charge in [0.25, 0.3) is 0 Å². The van der Waals surface area contributed by atoms with Gasteiger partial charge in [-0.2, -0.15) is 0 Å². The van der Waals surface area contributed by atoms with Crippen molar-refractivity contribution in [2.75, 3.05) is 20.6 Å². The zero-order valence-corrected chi connectivity index (χ0v) is 12.4. The highest BCUT2D eigenvalue weighted by Gasteiger charge is 2.40. The molecule has 0 amide bonds. The highest BCUT2D eigenvalue weighted by molar-refractivity contribution is 5.85. The van der Waals surface area contributed by atoms with Crippen LogP contribution < -0.4 is 0 Å². The molecule has 1 saturated carbocycles. The van der Waals surface area contributed by atoms with Crippen molar-refractivity contribution < 1.29 is 9.50 Å². The lowest BCUT2D eigenvalue weighted by Crippen LogP contribution is -2.40. The molecule has 0 bridgehead atoms. The van der Waals surface area contributed by atoms with Crippen LogP contribution in [-0.4, -0.2) is 36.2 Å². The fraction of sp³-hybridized carbons (Fsp3) is 0.600. The standard InChI is InChI=1S/C15H22FNO.ClH/c1-17(2)11-13-4-3-9-15(13,18)10-12-5-7-14(16)8-6-12;/h5-8,13,18H,3-4,9-11H2,1-2H3;1H. The van der Waals surface area contributed by atoms with E-state index < -0.39 is 5.60 Å². The van der Waals surface area contributed by atoms with E-state index in [9.17, 15) is 9.50 Å². The third-order valence-corrected chi connectivity index (χ3v) is 3.93. The van der Waals surface area contributed by atoms with E-state index in [2.05, 4.69) is 4.90 Å². The van der Waals surface area contributed by atoms with Gasteiger partial charge in [-0.15, -0.1) is 12.4 Å². The molecule has 0 aromatic heterocycles. The fourth-order valence-corrected chi connectivity index (χ4v) is 3.02. The lowest BCUT2D eigenvalue weighted by molar-refractivity contribution is -0.00569. The Labute approximate surface area is 121 Å². The highest BCUT2D eigenvalue weighted by Crippen LogP contribution is 2.38. The van der Waals surface area contributed by atoms with Crippen LogP contribution in [0.15, 0.2) is 24.3 Å². The number of aliphatic hydroxyl groups is 1. The number of nitrogens with zero attached hydrogens (tertiary/aromatic N) is 1. The van der Waals surface area contributed by atoms with Crippen LogP contribution in [0.5, 0.6) is 0 Å². The van der Waals surface area contributed by atoms with Gasteiger partial charge in [-0.1, -0.05) is 18.6 Å². The van der Waals surface area contributed by atoms with Gasteiger partial charge in [-0.05, 0) is 44.6 Å². The lowest BCUT2D eigenvalue weighted by Gasteiger charge is -2.32. The van der Waals surface area contributed by atoms with Crippen LogP contribution in [0.4, 0.5) is 4.39 Å². The Hall–Kier alpha value is -0.640. The topological polar surface area (TPSA) is 23.5 Å². The average Bonchev–Trinajstić information content (AvgIpc) is 2.63. The quantitative estimate of drug-likeness (QED) is 0.920. The summed E-state index contributed by atoms with van der Waals surface area (Å²) in [5.41, 5.74) is 0.395. The molecule has 19 heavy (non-hydrogen) atoms. The normalized spacial score (nSPS) is 26.5. The zero-order valence-electron chi connectivity index (χ0n) is 11.6. The maximum absolute atomic E-state index is 12.9. The number of benzene rings is 1. The van der Waals surface area contributed by atoms with Crippen LogP contribution in [0.3, 0.4) is 0 Å². The maximum atomic E-state index is 12.9. The Morgan fingerprint density at radius 1 is 1.32 bits per heavy atom. The predicted molar refractivity (Wildman–Crippen MR) is 78.2 cm³/mol. The SMILES string of the molecule is CN(C)CC1CCCC1(O)Cc1ccc(F)cc1.Cl. The van der Waals surface area contributed by atoms with Gasteiger partial charge in [-0.25, -0.2) is 4.39 Å². The van der Waals surface area contributed by atoms with Crippen LogP contribution in [0, 0.1) is 11.7 Å². The summed E-state index contributed by atoms with van der Waals surface area (Å²) in [7, 11) is 4.08. The molecule has 1 aromatic rings. The van der Waals surface area contributed by atoms with E-state index in [4.69, 9.17) is 0 Å². The molecule has 1 fully saturated rings. The molecule has 108 valence electrons. The predicted octanol–water partition coefficient (Wildman–Crippen LogP) is 2.88. The third-order valence-electron chi connectivity index (χ3n) is 3.93. The molecule has 2 unspecified atom stereocenters. The Balaban J connectivity index is 0.00000180. The van der Waals surface area contributed by atoms with Crippen LogP contribution in [-0.2, 0) is 6.42 Å². The summed E-state index contributed by atoms with van der Waals surface area (Å²) >= 11 is 0. The molecule has 2 atom stereocenters. The Morgan fingerprint density at radius 3 is 2.53 bits per heavy atom. The number of rotatable bonds is 4. The number of halogens is 2. The summed E-state index contributed by atoms with van der Waals surface area (Å²) in [6, 6.07) is 6.49. The van der Waals surface area contributed by atoms with Gasteiger partial charge in [0.15, 0.2) is 0 Å². The van der Waals surface area contributed by atoms with E-state index in [1.807, 2.05) is 14.1 Å². The van der Waals surface area contributed by atoms with Gasteiger partial charge in [-0.3, -0.25) is 0 Å². The molecular formula is C15H23ClFNO. The molecule has 1 aromatic carbocycles. The molecule has 0 aliphatic heterocycles. The second kappa shape index (κ2) is 6.69. The van der Waals surface area contributed by atoms with Crippen molar-refractivity contribution in [3.8, 4) is 0 Å². The van der Waals surface area contributed by atoms with Crippen LogP contribution in [0.1, 0.15) is 24.8 Å². The lowest BCUT2D eigenvalue weighted by atomic mass is 9.84. The van der Waals surface area contributed by atoms with E-state index in [0.29, 0.717) is 12.3 Å². The summed E-state index contributed by atoms with van der Waals surface area (Å²) in [4.78, 5) is 2.13. The van der Waals surface area contributed by atoms with Crippen molar-refractivity contribution in [1.29, 1.82) is 0 Å². The summed E-state index contributed by atoms with van der Waals surface area (Å²) in [5.74, 6) is 0.0968. The smallest absolute Gasteiger partial charge is 0.123 e. The van der Waals surface area contributed by atoms with E-state index in [-0.39, 0.29) is 18.2 Å². The highest BCUT2D eigenvalue weighted by atomic mass is 35.5. The summed E-state index contributed by atoms with van der Waals surface area (Å²) in [5, 5.41) is 10.8. The van der Waals surface area contributed by atoms with E-state index >= 15 is 0 Å². The third kappa shape index (κ3) is 4.16. The minimum Gasteiger partial charge on any atom is -0.389 e. The van der Waals surface area contributed by atoms with Gasteiger partial charge in [0.1, 0.15) is 5.82 Å². The van der Waals surface area contributed by atoms with Gasteiger partial charge >= 0.3 is 0 Å². The minimum absolute atomic E-state index is 0. The second-order valence-electron chi connectivity index (χ2n) is 5.76. The second-order valence-corrected chi connectivity index (χ2v) is 5.76. The molecule has 0 spiro atoms. The van der Waals surface area contributed by atoms with Crippen molar-refractivity contribution in [1.82, 2.24) is 4.90 Å². The molecule has 0 radical (unpaired) electrons. The van der Waals surface area contributed by atoms with Gasteiger partial charge in [0.05, 0.1) is 5.60 Å². The summed E-state index contributed by atoms with van der Waals surface area (Å²) in [6.07, 6.45) is 3.64.